The van der Waals surface area contributed by atoms with E-state index >= 15 is 0 Å². The average molecular weight is 252 g/mol. The van der Waals surface area contributed by atoms with Crippen LogP contribution in [0.2, 0.25) is 0 Å². The zero-order valence-electron chi connectivity index (χ0n) is 10.1. The second-order valence-electron chi connectivity index (χ2n) is 3.42. The zero-order chi connectivity index (χ0) is 13.4. The fraction of sp³-hybridized carbons (Fsp3) is 0.333. The predicted molar refractivity (Wildman–Crippen MR) is 66.5 cm³/mol. The third-order valence-electron chi connectivity index (χ3n) is 2.06. The van der Waals surface area contributed by atoms with Crippen molar-refractivity contribution in [2.24, 2.45) is 0 Å². The molecule has 0 saturated carbocycles. The van der Waals surface area contributed by atoms with Gasteiger partial charge in [-0.05, 0) is 31.2 Å². The number of anilines is 1. The number of amides is 2. The highest BCUT2D eigenvalue weighted by Gasteiger charge is 2.05. The van der Waals surface area contributed by atoms with Crippen LogP contribution < -0.4 is 10.6 Å². The lowest BCUT2D eigenvalue weighted by Crippen LogP contribution is -2.22. The molecule has 0 spiro atoms. The van der Waals surface area contributed by atoms with Crippen LogP contribution in [0.3, 0.4) is 0 Å². The van der Waals surface area contributed by atoms with E-state index in [1.54, 1.807) is 24.3 Å². The van der Waals surface area contributed by atoms with Crippen molar-refractivity contribution in [3.05, 3.63) is 29.8 Å². The van der Waals surface area contributed by atoms with Crippen LogP contribution >= 0.6 is 0 Å². The van der Waals surface area contributed by atoms with E-state index in [0.29, 0.717) is 17.8 Å². The number of hydrogen-bond donors (Lipinski definition) is 3. The SMILES string of the molecule is CCNC(=O)c1ccc(NC(=O)OCCO)cc1. The second-order valence-corrected chi connectivity index (χ2v) is 3.42. The monoisotopic (exact) mass is 252 g/mol. The largest absolute Gasteiger partial charge is 0.447 e. The van der Waals surface area contributed by atoms with Gasteiger partial charge in [0.05, 0.1) is 6.61 Å². The molecule has 0 unspecified atom stereocenters. The van der Waals surface area contributed by atoms with Crippen LogP contribution in [-0.2, 0) is 4.74 Å². The Morgan fingerprint density at radius 3 is 2.50 bits per heavy atom. The summed E-state index contributed by atoms with van der Waals surface area (Å²) in [7, 11) is 0. The van der Waals surface area contributed by atoms with Gasteiger partial charge in [-0.25, -0.2) is 4.79 Å². The van der Waals surface area contributed by atoms with Crippen molar-refractivity contribution in [2.45, 2.75) is 6.92 Å². The van der Waals surface area contributed by atoms with Gasteiger partial charge in [-0.2, -0.15) is 0 Å². The molecular weight excluding hydrogens is 236 g/mol. The fourth-order valence-electron chi connectivity index (χ4n) is 1.26. The van der Waals surface area contributed by atoms with Crippen molar-refractivity contribution in [3.63, 3.8) is 0 Å². The Hall–Kier alpha value is -2.08. The Morgan fingerprint density at radius 2 is 1.94 bits per heavy atom. The Morgan fingerprint density at radius 1 is 1.28 bits per heavy atom. The number of carbonyl (C=O) groups is 2. The summed E-state index contributed by atoms with van der Waals surface area (Å²) in [6.07, 6.45) is -0.644. The van der Waals surface area contributed by atoms with Gasteiger partial charge in [0, 0.05) is 17.8 Å². The topological polar surface area (TPSA) is 87.7 Å². The maximum atomic E-state index is 11.5. The Balaban J connectivity index is 2.55. The summed E-state index contributed by atoms with van der Waals surface area (Å²) in [5.41, 5.74) is 1.04. The standard InChI is InChI=1S/C12H16N2O4/c1-2-13-11(16)9-3-5-10(6-4-9)14-12(17)18-8-7-15/h3-6,15H,2,7-8H2,1H3,(H,13,16)(H,14,17). The Bertz CT molecular complexity index is 403. The summed E-state index contributed by atoms with van der Waals surface area (Å²) in [6.45, 7) is 2.13. The van der Waals surface area contributed by atoms with E-state index in [9.17, 15) is 9.59 Å². The van der Waals surface area contributed by atoms with Gasteiger partial charge < -0.3 is 15.2 Å². The van der Waals surface area contributed by atoms with Crippen molar-refractivity contribution in [1.29, 1.82) is 0 Å². The molecule has 0 aromatic heterocycles. The molecule has 0 atom stereocenters. The van der Waals surface area contributed by atoms with Crippen molar-refractivity contribution >= 4 is 17.7 Å². The molecule has 1 aromatic carbocycles. The first-order valence-electron chi connectivity index (χ1n) is 5.60. The molecule has 6 nitrogen and oxygen atoms in total. The molecule has 0 fully saturated rings. The molecule has 18 heavy (non-hydrogen) atoms. The van der Waals surface area contributed by atoms with Crippen LogP contribution in [-0.4, -0.2) is 36.9 Å². The van der Waals surface area contributed by atoms with E-state index in [0.717, 1.165) is 0 Å². The summed E-state index contributed by atoms with van der Waals surface area (Å²) >= 11 is 0. The third kappa shape index (κ3) is 4.42. The highest BCUT2D eigenvalue weighted by molar-refractivity contribution is 5.95. The molecule has 3 N–H and O–H groups in total. The van der Waals surface area contributed by atoms with Gasteiger partial charge in [0.15, 0.2) is 0 Å². The average Bonchev–Trinajstić information content (AvgIpc) is 2.37. The molecule has 0 saturated heterocycles. The molecule has 6 heteroatoms. The minimum absolute atomic E-state index is 0.0528. The molecule has 0 aliphatic rings. The molecule has 0 radical (unpaired) electrons. The van der Waals surface area contributed by atoms with E-state index in [1.165, 1.54) is 0 Å². The minimum atomic E-state index is -0.644. The number of ether oxygens (including phenoxy) is 1. The third-order valence-corrected chi connectivity index (χ3v) is 2.06. The minimum Gasteiger partial charge on any atom is -0.447 e. The molecule has 1 aromatic rings. The van der Waals surface area contributed by atoms with Crippen molar-refractivity contribution < 1.29 is 19.4 Å². The molecule has 0 heterocycles. The quantitative estimate of drug-likeness (QED) is 0.728. The number of rotatable bonds is 5. The predicted octanol–water partition coefficient (Wildman–Crippen LogP) is 0.977. The van der Waals surface area contributed by atoms with Crippen LogP contribution in [0.15, 0.2) is 24.3 Å². The number of aliphatic hydroxyl groups excluding tert-OH is 1. The van der Waals surface area contributed by atoms with Crippen LogP contribution in [0.5, 0.6) is 0 Å². The van der Waals surface area contributed by atoms with E-state index in [1.807, 2.05) is 6.92 Å². The first kappa shape index (κ1) is 14.0. The zero-order valence-corrected chi connectivity index (χ0v) is 10.1. The van der Waals surface area contributed by atoms with E-state index in [4.69, 9.17) is 5.11 Å². The lowest BCUT2D eigenvalue weighted by atomic mass is 10.2. The number of carbonyl (C=O) groups excluding carboxylic acids is 2. The fourth-order valence-corrected chi connectivity index (χ4v) is 1.26. The first-order chi connectivity index (χ1) is 8.67. The molecule has 0 aliphatic carbocycles. The molecule has 0 aliphatic heterocycles. The van der Waals surface area contributed by atoms with Gasteiger partial charge in [-0.1, -0.05) is 0 Å². The summed E-state index contributed by atoms with van der Waals surface area (Å²) < 4.78 is 4.63. The van der Waals surface area contributed by atoms with Gasteiger partial charge >= 0.3 is 6.09 Å². The number of hydrogen-bond acceptors (Lipinski definition) is 4. The van der Waals surface area contributed by atoms with E-state index in [-0.39, 0.29) is 19.1 Å². The molecule has 98 valence electrons. The smallest absolute Gasteiger partial charge is 0.411 e. The summed E-state index contributed by atoms with van der Waals surface area (Å²) in [5.74, 6) is -0.160. The van der Waals surface area contributed by atoms with E-state index in [2.05, 4.69) is 15.4 Å². The van der Waals surface area contributed by atoms with Crippen molar-refractivity contribution in [1.82, 2.24) is 5.32 Å². The second kappa shape index (κ2) is 7.29. The summed E-state index contributed by atoms with van der Waals surface area (Å²) in [5, 5.41) is 13.6. The normalized spacial score (nSPS) is 9.67. The maximum Gasteiger partial charge on any atom is 0.411 e. The number of benzene rings is 1. The molecular formula is C12H16N2O4. The van der Waals surface area contributed by atoms with Gasteiger partial charge in [0.1, 0.15) is 6.61 Å². The number of aliphatic hydroxyl groups is 1. The van der Waals surface area contributed by atoms with Crippen molar-refractivity contribution in [3.8, 4) is 0 Å². The highest BCUT2D eigenvalue weighted by atomic mass is 16.6. The lowest BCUT2D eigenvalue weighted by molar-refractivity contribution is 0.0956. The van der Waals surface area contributed by atoms with Gasteiger partial charge in [0.2, 0.25) is 0 Å². The highest BCUT2D eigenvalue weighted by Crippen LogP contribution is 2.09. The Labute approximate surface area is 105 Å². The first-order valence-corrected chi connectivity index (χ1v) is 5.60. The van der Waals surface area contributed by atoms with Crippen LogP contribution in [0, 0.1) is 0 Å². The summed E-state index contributed by atoms with van der Waals surface area (Å²) in [4.78, 5) is 22.6. The van der Waals surface area contributed by atoms with Gasteiger partial charge in [-0.15, -0.1) is 0 Å². The van der Waals surface area contributed by atoms with Crippen LogP contribution in [0.25, 0.3) is 0 Å². The Kier molecular flexibility index (Phi) is 5.66. The van der Waals surface area contributed by atoms with Crippen molar-refractivity contribution in [2.75, 3.05) is 25.1 Å². The molecule has 1 rings (SSSR count). The van der Waals surface area contributed by atoms with Crippen LogP contribution in [0.1, 0.15) is 17.3 Å². The lowest BCUT2D eigenvalue weighted by Gasteiger charge is -2.06. The number of nitrogens with one attached hydrogen (secondary N) is 2. The van der Waals surface area contributed by atoms with Gasteiger partial charge in [-0.3, -0.25) is 10.1 Å². The van der Waals surface area contributed by atoms with Gasteiger partial charge in [0.25, 0.3) is 5.91 Å². The van der Waals surface area contributed by atoms with Crippen LogP contribution in [0.4, 0.5) is 10.5 Å². The molecule has 0 bridgehead atoms. The van der Waals surface area contributed by atoms with E-state index < -0.39 is 6.09 Å². The molecule has 2 amide bonds. The summed E-state index contributed by atoms with van der Waals surface area (Å²) in [6, 6.07) is 6.41. The maximum absolute atomic E-state index is 11.5.